The van der Waals surface area contributed by atoms with Crippen molar-refractivity contribution in [3.63, 3.8) is 0 Å². The molecule has 0 spiro atoms. The van der Waals surface area contributed by atoms with Gasteiger partial charge in [-0.25, -0.2) is 8.42 Å². The van der Waals surface area contributed by atoms with E-state index in [4.69, 9.17) is 0 Å². The molecule has 0 unspecified atom stereocenters. The third kappa shape index (κ3) is 3.98. The number of para-hydroxylation sites is 1. The Labute approximate surface area is 219 Å². The average molecular weight is 548 g/mol. The second-order valence-electron chi connectivity index (χ2n) is 8.82. The van der Waals surface area contributed by atoms with Gasteiger partial charge in [-0.1, -0.05) is 54.6 Å². The molecule has 7 nitrogen and oxygen atoms in total. The van der Waals surface area contributed by atoms with Crippen LogP contribution in [0.25, 0.3) is 22.2 Å². The van der Waals surface area contributed by atoms with Crippen LogP contribution in [0.1, 0.15) is 31.8 Å². The van der Waals surface area contributed by atoms with Crippen LogP contribution in [0.15, 0.2) is 95.9 Å². The van der Waals surface area contributed by atoms with Gasteiger partial charge in [-0.05, 0) is 36.4 Å². The zero-order chi connectivity index (χ0) is 27.5. The molecule has 1 aromatic heterocycles. The van der Waals surface area contributed by atoms with Crippen molar-refractivity contribution < 1.29 is 31.2 Å². The van der Waals surface area contributed by atoms with E-state index in [2.05, 4.69) is 9.82 Å². The summed E-state index contributed by atoms with van der Waals surface area (Å²) in [4.78, 5) is 26.3. The molecule has 0 bridgehead atoms. The summed E-state index contributed by atoms with van der Waals surface area (Å²) in [6.45, 7) is 0. The lowest BCUT2D eigenvalue weighted by atomic mass is 9.87. The van der Waals surface area contributed by atoms with Gasteiger partial charge in [0.05, 0.1) is 27.2 Å². The fraction of sp³-hybridized carbons (Fsp3) is 0.0357. The lowest BCUT2D eigenvalue weighted by molar-refractivity contribution is -0.137. The Hall–Kier alpha value is -4.77. The number of benzene rings is 4. The van der Waals surface area contributed by atoms with Gasteiger partial charge in [-0.15, -0.1) is 0 Å². The van der Waals surface area contributed by atoms with E-state index in [0.29, 0.717) is 39.4 Å². The van der Waals surface area contributed by atoms with E-state index in [1.165, 1.54) is 24.3 Å². The van der Waals surface area contributed by atoms with Gasteiger partial charge in [-0.2, -0.15) is 23.0 Å². The van der Waals surface area contributed by atoms with E-state index in [1.54, 1.807) is 42.5 Å². The smallest absolute Gasteiger partial charge is 0.289 e. The Balaban J connectivity index is 1.44. The molecule has 0 radical (unpaired) electrons. The molecule has 0 atom stereocenters. The van der Waals surface area contributed by atoms with Crippen LogP contribution in [0.3, 0.4) is 0 Å². The van der Waals surface area contributed by atoms with Gasteiger partial charge >= 0.3 is 6.18 Å². The molecule has 0 amide bonds. The van der Waals surface area contributed by atoms with E-state index in [1.807, 2.05) is 0 Å². The van der Waals surface area contributed by atoms with Crippen molar-refractivity contribution in [2.24, 2.45) is 0 Å². The lowest BCUT2D eigenvalue weighted by Crippen LogP contribution is -2.19. The molecule has 4 aromatic carbocycles. The molecule has 1 N–H and O–H groups in total. The normalized spacial score (nSPS) is 12.8. The van der Waals surface area contributed by atoms with Crippen molar-refractivity contribution in [2.45, 2.75) is 11.1 Å². The van der Waals surface area contributed by atoms with Crippen molar-refractivity contribution in [2.75, 3.05) is 4.72 Å². The van der Waals surface area contributed by atoms with Gasteiger partial charge < -0.3 is 0 Å². The number of fused-ring (bicyclic) bond motifs is 2. The van der Waals surface area contributed by atoms with Crippen LogP contribution in [0.5, 0.6) is 0 Å². The topological polar surface area (TPSA) is 98.1 Å². The molecule has 39 heavy (non-hydrogen) atoms. The molecule has 0 aliphatic heterocycles. The number of carbonyl (C=O) groups is 2. The molecular weight excluding hydrogens is 531 g/mol. The monoisotopic (exact) mass is 547 g/mol. The molecule has 11 heteroatoms. The number of hydrogen-bond donors (Lipinski definition) is 1. The number of ketones is 1. The van der Waals surface area contributed by atoms with Crippen molar-refractivity contribution >= 4 is 38.3 Å². The minimum absolute atomic E-state index is 0.0896. The third-order valence-corrected chi connectivity index (χ3v) is 7.81. The highest BCUT2D eigenvalue weighted by molar-refractivity contribution is 7.92. The molecule has 0 fully saturated rings. The summed E-state index contributed by atoms with van der Waals surface area (Å²) in [6, 6.07) is 20.8. The minimum Gasteiger partial charge on any atom is -0.289 e. The van der Waals surface area contributed by atoms with Gasteiger partial charge in [-0.3, -0.25) is 14.3 Å². The fourth-order valence-corrected chi connectivity index (χ4v) is 5.78. The quantitative estimate of drug-likeness (QED) is 0.303. The molecule has 0 saturated heterocycles. The zero-order valence-electron chi connectivity index (χ0n) is 19.7. The highest BCUT2D eigenvalue weighted by Crippen LogP contribution is 2.39. The first-order valence-electron chi connectivity index (χ1n) is 11.6. The number of carbonyl (C=O) groups excluding carboxylic acids is 2. The standard InChI is InChI=1S/C28H16F3N3O4S/c29-28(30,31)16-7-5-8-17(15-16)39(37,38)33-22-13-4-3-11-20(22)27(36)34-23-14-6-12-21-24(23)25(32-34)18-9-1-2-10-19(18)26(21)35/h1-15,33H. The number of nitrogens with zero attached hydrogens (tertiary/aromatic N) is 2. The average Bonchev–Trinajstić information content (AvgIpc) is 3.32. The third-order valence-electron chi connectivity index (χ3n) is 6.44. The summed E-state index contributed by atoms with van der Waals surface area (Å²) in [5.74, 6) is -0.900. The molecule has 5 aromatic rings. The maximum atomic E-state index is 13.8. The van der Waals surface area contributed by atoms with E-state index < -0.39 is 32.6 Å². The first-order chi connectivity index (χ1) is 18.6. The van der Waals surface area contributed by atoms with Crippen LogP contribution in [-0.4, -0.2) is 29.9 Å². The van der Waals surface area contributed by atoms with E-state index >= 15 is 0 Å². The van der Waals surface area contributed by atoms with Crippen LogP contribution in [0.4, 0.5) is 18.9 Å². The second-order valence-corrected chi connectivity index (χ2v) is 10.5. The Kier molecular flexibility index (Phi) is 5.44. The van der Waals surface area contributed by atoms with E-state index in [0.717, 1.165) is 22.9 Å². The van der Waals surface area contributed by atoms with E-state index in [9.17, 15) is 31.2 Å². The van der Waals surface area contributed by atoms with Crippen molar-refractivity contribution in [3.8, 4) is 11.3 Å². The largest absolute Gasteiger partial charge is 0.416 e. The molecule has 1 aliphatic carbocycles. The predicted octanol–water partition coefficient (Wildman–Crippen LogP) is 5.76. The van der Waals surface area contributed by atoms with Gasteiger partial charge in [0.2, 0.25) is 0 Å². The molecule has 1 heterocycles. The summed E-state index contributed by atoms with van der Waals surface area (Å²) in [7, 11) is -4.50. The number of rotatable bonds is 4. The molecule has 0 saturated carbocycles. The van der Waals surface area contributed by atoms with Gasteiger partial charge in [0.1, 0.15) is 5.69 Å². The first-order valence-corrected chi connectivity index (χ1v) is 13.0. The molecule has 194 valence electrons. The van der Waals surface area contributed by atoms with Crippen LogP contribution >= 0.6 is 0 Å². The Bertz CT molecular complexity index is 1950. The van der Waals surface area contributed by atoms with Crippen LogP contribution < -0.4 is 4.72 Å². The Morgan fingerprint density at radius 1 is 0.821 bits per heavy atom. The lowest BCUT2D eigenvalue weighted by Gasteiger charge is -2.14. The number of aromatic nitrogens is 2. The van der Waals surface area contributed by atoms with Crippen molar-refractivity contribution in [1.82, 2.24) is 9.78 Å². The summed E-state index contributed by atoms with van der Waals surface area (Å²) in [5, 5.41) is 5.02. The van der Waals surface area contributed by atoms with Crippen molar-refractivity contribution in [3.05, 3.63) is 113 Å². The number of sulfonamides is 1. The Morgan fingerprint density at radius 3 is 2.26 bits per heavy atom. The maximum Gasteiger partial charge on any atom is 0.416 e. The number of halogens is 3. The zero-order valence-corrected chi connectivity index (χ0v) is 20.5. The molecule has 6 rings (SSSR count). The summed E-state index contributed by atoms with van der Waals surface area (Å²) in [5.41, 5.74) is 0.832. The van der Waals surface area contributed by atoms with Gasteiger partial charge in [0.15, 0.2) is 5.78 Å². The number of nitrogens with one attached hydrogen (secondary N) is 1. The molecular formula is C28H16F3N3O4S. The SMILES string of the molecule is O=C1c2ccccc2-c2nn(C(=O)c3ccccc3NS(=O)(=O)c3cccc(C(F)(F)F)c3)c3cccc1c23. The van der Waals surface area contributed by atoms with Gasteiger partial charge in [0, 0.05) is 22.1 Å². The fourth-order valence-electron chi connectivity index (χ4n) is 4.65. The van der Waals surface area contributed by atoms with Crippen LogP contribution in [0.2, 0.25) is 0 Å². The summed E-state index contributed by atoms with van der Waals surface area (Å²) < 4.78 is 68.9. The minimum atomic E-state index is -4.74. The molecule has 1 aliphatic rings. The number of alkyl halides is 3. The Morgan fingerprint density at radius 2 is 1.49 bits per heavy atom. The van der Waals surface area contributed by atoms with Gasteiger partial charge in [0.25, 0.3) is 15.9 Å². The van der Waals surface area contributed by atoms with Crippen LogP contribution in [0, 0.1) is 0 Å². The van der Waals surface area contributed by atoms with E-state index in [-0.39, 0.29) is 17.0 Å². The summed E-state index contributed by atoms with van der Waals surface area (Å²) in [6.07, 6.45) is -4.74. The maximum absolute atomic E-state index is 13.8. The first kappa shape index (κ1) is 24.6. The van der Waals surface area contributed by atoms with Crippen LogP contribution in [-0.2, 0) is 16.2 Å². The van der Waals surface area contributed by atoms with Crippen molar-refractivity contribution in [1.29, 1.82) is 0 Å². The number of anilines is 1. The predicted molar refractivity (Wildman–Crippen MR) is 137 cm³/mol. The highest BCUT2D eigenvalue weighted by Gasteiger charge is 2.33. The highest BCUT2D eigenvalue weighted by atomic mass is 32.2. The summed E-state index contributed by atoms with van der Waals surface area (Å²) >= 11 is 0. The second kappa shape index (κ2) is 8.63. The number of hydrogen-bond acceptors (Lipinski definition) is 5.